The second kappa shape index (κ2) is 7.55. The molecule has 1 unspecified atom stereocenters. The molecule has 1 aliphatic heterocycles. The van der Waals surface area contributed by atoms with E-state index in [9.17, 15) is 27.2 Å². The maximum atomic E-state index is 13.3. The largest absolute Gasteiger partial charge is 0.484 e. The molecule has 10 heteroatoms. The lowest BCUT2D eigenvalue weighted by atomic mass is 9.92. The van der Waals surface area contributed by atoms with Gasteiger partial charge in [-0.25, -0.2) is 9.18 Å². The highest BCUT2D eigenvalue weighted by molar-refractivity contribution is 6.32. The number of urea groups is 1. The van der Waals surface area contributed by atoms with Gasteiger partial charge in [-0.3, -0.25) is 9.69 Å². The molecule has 1 N–H and O–H groups in total. The van der Waals surface area contributed by atoms with Gasteiger partial charge in [-0.1, -0.05) is 29.8 Å². The van der Waals surface area contributed by atoms with E-state index in [0.717, 1.165) is 17.0 Å². The molecular formula is C19H15ClF4N2O3. The molecule has 1 atom stereocenters. The zero-order valence-corrected chi connectivity index (χ0v) is 15.8. The Morgan fingerprint density at radius 1 is 1.17 bits per heavy atom. The molecule has 0 aliphatic carbocycles. The molecule has 2 aromatic carbocycles. The molecule has 0 saturated carbocycles. The van der Waals surface area contributed by atoms with E-state index in [1.54, 1.807) is 6.07 Å². The Morgan fingerprint density at radius 3 is 2.55 bits per heavy atom. The number of rotatable bonds is 5. The number of nitrogens with one attached hydrogen (secondary N) is 1. The number of ether oxygens (including phenoxy) is 1. The first-order valence-electron chi connectivity index (χ1n) is 8.38. The summed E-state index contributed by atoms with van der Waals surface area (Å²) in [6.07, 6.45) is -4.49. The van der Waals surface area contributed by atoms with Crippen molar-refractivity contribution in [1.29, 1.82) is 0 Å². The Balaban J connectivity index is 1.80. The number of carbonyl (C=O) groups excluding carboxylic acids is 2. The summed E-state index contributed by atoms with van der Waals surface area (Å²) < 4.78 is 54.9. The number of hydrogen-bond acceptors (Lipinski definition) is 3. The topological polar surface area (TPSA) is 58.6 Å². The van der Waals surface area contributed by atoms with E-state index >= 15 is 0 Å². The van der Waals surface area contributed by atoms with Gasteiger partial charge in [-0.2, -0.15) is 13.2 Å². The number of benzene rings is 2. The van der Waals surface area contributed by atoms with Crippen molar-refractivity contribution in [2.75, 3.05) is 6.61 Å². The van der Waals surface area contributed by atoms with Crippen molar-refractivity contribution in [3.8, 4) is 5.75 Å². The summed E-state index contributed by atoms with van der Waals surface area (Å²) in [6.45, 7) is -0.210. The van der Waals surface area contributed by atoms with E-state index < -0.39 is 36.1 Å². The highest BCUT2D eigenvalue weighted by Gasteiger charge is 2.49. The van der Waals surface area contributed by atoms with Gasteiger partial charge < -0.3 is 10.1 Å². The molecule has 0 spiro atoms. The Morgan fingerprint density at radius 2 is 1.90 bits per heavy atom. The van der Waals surface area contributed by atoms with Gasteiger partial charge in [0.1, 0.15) is 17.1 Å². The van der Waals surface area contributed by atoms with E-state index in [4.69, 9.17) is 11.6 Å². The molecule has 0 aromatic heterocycles. The van der Waals surface area contributed by atoms with Crippen molar-refractivity contribution >= 4 is 23.5 Å². The van der Waals surface area contributed by atoms with Crippen LogP contribution in [0.1, 0.15) is 18.1 Å². The van der Waals surface area contributed by atoms with E-state index in [-0.39, 0.29) is 22.9 Å². The van der Waals surface area contributed by atoms with Crippen molar-refractivity contribution in [2.24, 2.45) is 0 Å². The minimum atomic E-state index is -4.49. The van der Waals surface area contributed by atoms with Gasteiger partial charge in [0.25, 0.3) is 5.91 Å². The van der Waals surface area contributed by atoms with Gasteiger partial charge in [0.05, 0.1) is 6.54 Å². The second-order valence-corrected chi connectivity index (χ2v) is 7.03. The van der Waals surface area contributed by atoms with Gasteiger partial charge in [0, 0.05) is 10.6 Å². The quantitative estimate of drug-likeness (QED) is 0.565. The first kappa shape index (κ1) is 20.9. The van der Waals surface area contributed by atoms with E-state index in [0.29, 0.717) is 5.56 Å². The number of amides is 3. The fraction of sp³-hybridized carbons (Fsp3) is 0.263. The van der Waals surface area contributed by atoms with Crippen LogP contribution in [0.5, 0.6) is 5.75 Å². The van der Waals surface area contributed by atoms with Crippen molar-refractivity contribution < 1.29 is 31.9 Å². The lowest BCUT2D eigenvalue weighted by Gasteiger charge is -2.23. The number of imide groups is 1. The van der Waals surface area contributed by atoms with Crippen LogP contribution in [-0.2, 0) is 16.9 Å². The first-order chi connectivity index (χ1) is 13.5. The van der Waals surface area contributed by atoms with Crippen LogP contribution in [0.3, 0.4) is 0 Å². The van der Waals surface area contributed by atoms with E-state index in [2.05, 4.69) is 10.1 Å². The van der Waals surface area contributed by atoms with Gasteiger partial charge in [-0.15, -0.1) is 0 Å². The van der Waals surface area contributed by atoms with E-state index in [1.807, 2.05) is 0 Å². The average molecular weight is 431 g/mol. The Kier molecular flexibility index (Phi) is 5.44. The third kappa shape index (κ3) is 4.45. The predicted molar refractivity (Wildman–Crippen MR) is 95.8 cm³/mol. The zero-order chi connectivity index (χ0) is 21.4. The minimum absolute atomic E-state index is 0.0226. The third-order valence-corrected chi connectivity index (χ3v) is 4.70. The zero-order valence-electron chi connectivity index (χ0n) is 15.0. The van der Waals surface area contributed by atoms with Crippen LogP contribution in [0.15, 0.2) is 42.5 Å². The van der Waals surface area contributed by atoms with Gasteiger partial charge >= 0.3 is 12.2 Å². The first-order valence-corrected chi connectivity index (χ1v) is 8.75. The number of nitrogens with zero attached hydrogens (tertiary/aromatic N) is 1. The molecule has 2 aromatic rings. The molecule has 3 rings (SSSR count). The fourth-order valence-electron chi connectivity index (χ4n) is 3.00. The number of hydrogen-bond donors (Lipinski definition) is 1. The van der Waals surface area contributed by atoms with Gasteiger partial charge in [0.2, 0.25) is 0 Å². The van der Waals surface area contributed by atoms with Gasteiger partial charge in [-0.05, 0) is 36.8 Å². The van der Waals surface area contributed by atoms with Crippen LogP contribution in [0.4, 0.5) is 22.4 Å². The highest BCUT2D eigenvalue weighted by Crippen LogP contribution is 2.34. The molecule has 3 amide bonds. The summed E-state index contributed by atoms with van der Waals surface area (Å²) in [7, 11) is 0. The SMILES string of the molecule is CC1(c2ccc(F)cc2Cl)NC(=O)N(Cc2cccc(OCC(F)(F)F)c2)C1=O. The molecule has 0 radical (unpaired) electrons. The Hall–Kier alpha value is -2.81. The van der Waals surface area contributed by atoms with Crippen molar-refractivity contribution in [1.82, 2.24) is 10.2 Å². The third-order valence-electron chi connectivity index (χ3n) is 4.39. The smallest absolute Gasteiger partial charge is 0.422 e. The molecule has 154 valence electrons. The van der Waals surface area contributed by atoms with Crippen LogP contribution < -0.4 is 10.1 Å². The van der Waals surface area contributed by atoms with Crippen molar-refractivity contribution in [2.45, 2.75) is 25.2 Å². The van der Waals surface area contributed by atoms with Crippen molar-refractivity contribution in [3.05, 3.63) is 64.4 Å². The summed E-state index contributed by atoms with van der Waals surface area (Å²) in [6, 6.07) is 8.40. The van der Waals surface area contributed by atoms with Crippen LogP contribution >= 0.6 is 11.6 Å². The molecule has 1 fully saturated rings. The molecule has 1 saturated heterocycles. The standard InChI is InChI=1S/C19H15ClF4N2O3/c1-18(14-6-5-12(21)8-15(14)20)16(27)26(17(28)25-18)9-11-3-2-4-13(7-11)29-10-19(22,23)24/h2-8H,9-10H2,1H3,(H,25,28). The Bertz CT molecular complexity index is 967. The summed E-state index contributed by atoms with van der Waals surface area (Å²) in [4.78, 5) is 26.2. The van der Waals surface area contributed by atoms with Crippen LogP contribution in [0.25, 0.3) is 0 Å². The monoisotopic (exact) mass is 430 g/mol. The number of alkyl halides is 3. The Labute approximate surface area is 168 Å². The molecule has 1 heterocycles. The van der Waals surface area contributed by atoms with E-state index in [1.165, 1.54) is 31.2 Å². The molecule has 1 aliphatic rings. The predicted octanol–water partition coefficient (Wildman–Crippen LogP) is 4.39. The summed E-state index contributed by atoms with van der Waals surface area (Å²) in [5.41, 5.74) is -0.891. The second-order valence-electron chi connectivity index (χ2n) is 6.62. The molecular weight excluding hydrogens is 416 g/mol. The number of halogens is 5. The fourth-order valence-corrected chi connectivity index (χ4v) is 3.36. The lowest BCUT2D eigenvalue weighted by molar-refractivity contribution is -0.153. The average Bonchev–Trinajstić information content (AvgIpc) is 2.83. The molecule has 29 heavy (non-hydrogen) atoms. The molecule has 0 bridgehead atoms. The summed E-state index contributed by atoms with van der Waals surface area (Å²) >= 11 is 6.04. The van der Waals surface area contributed by atoms with Gasteiger partial charge in [0.15, 0.2) is 6.61 Å². The normalized spacial score (nSPS) is 19.4. The maximum absolute atomic E-state index is 13.3. The number of carbonyl (C=O) groups is 2. The van der Waals surface area contributed by atoms with Crippen LogP contribution in [0.2, 0.25) is 5.02 Å². The van der Waals surface area contributed by atoms with Crippen molar-refractivity contribution in [3.63, 3.8) is 0 Å². The maximum Gasteiger partial charge on any atom is 0.422 e. The molecule has 5 nitrogen and oxygen atoms in total. The summed E-state index contributed by atoms with van der Waals surface area (Å²) in [5.74, 6) is -1.26. The minimum Gasteiger partial charge on any atom is -0.484 e. The lowest BCUT2D eigenvalue weighted by Crippen LogP contribution is -2.41. The van der Waals surface area contributed by atoms with Crippen LogP contribution in [-0.4, -0.2) is 29.6 Å². The highest BCUT2D eigenvalue weighted by atomic mass is 35.5. The summed E-state index contributed by atoms with van der Waals surface area (Å²) in [5, 5.41) is 2.51. The van der Waals surface area contributed by atoms with Crippen LogP contribution in [0, 0.1) is 5.82 Å².